The Morgan fingerprint density at radius 1 is 0.583 bits per heavy atom. The summed E-state index contributed by atoms with van der Waals surface area (Å²) in [5.41, 5.74) is 14.0. The van der Waals surface area contributed by atoms with Gasteiger partial charge in [0.2, 0.25) is 0 Å². The van der Waals surface area contributed by atoms with Crippen molar-refractivity contribution in [3.63, 3.8) is 0 Å². The molecule has 0 fully saturated rings. The maximum atomic E-state index is 6.07. The van der Waals surface area contributed by atoms with Crippen LogP contribution in [0.1, 0.15) is 82.8 Å². The molecule has 0 aliphatic heterocycles. The van der Waals surface area contributed by atoms with Crippen molar-refractivity contribution in [2.45, 2.75) is 71.6 Å². The van der Waals surface area contributed by atoms with Crippen LogP contribution >= 0.6 is 12.4 Å². The zero-order valence-electron chi connectivity index (χ0n) is 22.1. The first-order chi connectivity index (χ1) is 17.1. The molecule has 4 N–H and O–H groups in total. The van der Waals surface area contributed by atoms with Gasteiger partial charge < -0.3 is 20.9 Å². The van der Waals surface area contributed by atoms with Gasteiger partial charge in [0.1, 0.15) is 23.2 Å². The third kappa shape index (κ3) is 12.8. The molecule has 0 atom stereocenters. The van der Waals surface area contributed by atoms with E-state index in [1.54, 1.807) is 0 Å². The first kappa shape index (κ1) is 31.3. The predicted octanol–water partition coefficient (Wildman–Crippen LogP) is 6.53. The maximum absolute atomic E-state index is 6.07. The monoisotopic (exact) mass is 516 g/mol. The molecule has 7 heteroatoms. The summed E-state index contributed by atoms with van der Waals surface area (Å²) in [4.78, 5) is 8.89. The Kier molecular flexibility index (Phi) is 16.9. The number of nitrogens with two attached hydrogens (primary N) is 2. The number of aliphatic imine (C=N–C) groups is 2. The Bertz CT molecular complexity index is 810. The highest BCUT2D eigenvalue weighted by atomic mass is 35.5. The Morgan fingerprint density at radius 2 is 0.972 bits per heavy atom. The molecule has 0 spiro atoms. The number of hydrogen-bond acceptors (Lipinski definition) is 4. The standard InChI is InChI=1S/C29H44N4O2.ClH/c1-3-5-8-20-32-28(30)24-12-16-26(17-13-24)34-22-10-7-11-23-35-27-18-14-25(15-19-27)29(31)33-21-9-6-4-2;/h12-19H,3-11,20-23H2,1-2H3,(H2,30,32)(H2,31,33);1H. The Morgan fingerprint density at radius 3 is 1.33 bits per heavy atom. The van der Waals surface area contributed by atoms with Gasteiger partial charge in [-0.15, -0.1) is 12.4 Å². The molecule has 2 rings (SSSR count). The molecule has 36 heavy (non-hydrogen) atoms. The van der Waals surface area contributed by atoms with Crippen LogP contribution in [0.25, 0.3) is 0 Å². The van der Waals surface area contributed by atoms with Gasteiger partial charge in [-0.05, 0) is 80.6 Å². The summed E-state index contributed by atoms with van der Waals surface area (Å²) in [6, 6.07) is 15.7. The lowest BCUT2D eigenvalue weighted by Gasteiger charge is -2.09. The number of amidine groups is 2. The van der Waals surface area contributed by atoms with Gasteiger partial charge in [-0.1, -0.05) is 39.5 Å². The summed E-state index contributed by atoms with van der Waals surface area (Å²) in [5, 5.41) is 0. The van der Waals surface area contributed by atoms with Crippen LogP contribution in [0.15, 0.2) is 58.5 Å². The van der Waals surface area contributed by atoms with Crippen molar-refractivity contribution in [2.24, 2.45) is 21.5 Å². The van der Waals surface area contributed by atoms with E-state index in [2.05, 4.69) is 23.8 Å². The summed E-state index contributed by atoms with van der Waals surface area (Å²) in [6.07, 6.45) is 9.93. The second-order valence-corrected chi connectivity index (χ2v) is 8.75. The lowest BCUT2D eigenvalue weighted by Crippen LogP contribution is -2.14. The van der Waals surface area contributed by atoms with E-state index in [9.17, 15) is 0 Å². The minimum absolute atomic E-state index is 0. The summed E-state index contributed by atoms with van der Waals surface area (Å²) >= 11 is 0. The van der Waals surface area contributed by atoms with E-state index in [4.69, 9.17) is 20.9 Å². The molecule has 2 aromatic carbocycles. The molecule has 0 aromatic heterocycles. The molecule has 0 aliphatic carbocycles. The van der Waals surface area contributed by atoms with Gasteiger partial charge >= 0.3 is 0 Å². The minimum atomic E-state index is 0. The van der Waals surface area contributed by atoms with Gasteiger partial charge in [0, 0.05) is 24.2 Å². The third-order valence-electron chi connectivity index (χ3n) is 5.71. The minimum Gasteiger partial charge on any atom is -0.494 e. The van der Waals surface area contributed by atoms with Gasteiger partial charge in [-0.3, -0.25) is 9.98 Å². The molecule has 2 aromatic rings. The fraction of sp³-hybridized carbons (Fsp3) is 0.517. The summed E-state index contributed by atoms with van der Waals surface area (Å²) in [5.74, 6) is 2.91. The maximum Gasteiger partial charge on any atom is 0.125 e. The second-order valence-electron chi connectivity index (χ2n) is 8.75. The molecule has 0 saturated carbocycles. The molecule has 0 heterocycles. The number of nitrogens with zero attached hydrogens (tertiary/aromatic N) is 2. The van der Waals surface area contributed by atoms with Crippen LogP contribution in [0.4, 0.5) is 0 Å². The SMILES string of the molecule is CCCCCN=C(N)c1ccc(OCCCCCOc2ccc(C(N)=NCCCCC)cc2)cc1.Cl. The summed E-state index contributed by atoms with van der Waals surface area (Å²) in [6.45, 7) is 7.31. The first-order valence-electron chi connectivity index (χ1n) is 13.2. The highest BCUT2D eigenvalue weighted by Crippen LogP contribution is 2.15. The summed E-state index contributed by atoms with van der Waals surface area (Å²) < 4.78 is 11.7. The number of halogens is 1. The molecule has 0 unspecified atom stereocenters. The van der Waals surface area contributed by atoms with Crippen LogP contribution in [-0.4, -0.2) is 38.0 Å². The smallest absolute Gasteiger partial charge is 0.125 e. The van der Waals surface area contributed by atoms with E-state index in [0.29, 0.717) is 24.9 Å². The van der Waals surface area contributed by atoms with Crippen LogP contribution in [0.2, 0.25) is 0 Å². The Hall–Kier alpha value is -2.73. The molecular formula is C29H45ClN4O2. The molecule has 200 valence electrons. The largest absolute Gasteiger partial charge is 0.494 e. The quantitative estimate of drug-likeness (QED) is 0.134. The Balaban J connectivity index is 0.00000648. The van der Waals surface area contributed by atoms with Gasteiger partial charge in [-0.2, -0.15) is 0 Å². The number of benzene rings is 2. The molecular weight excluding hydrogens is 472 g/mol. The zero-order chi connectivity index (χ0) is 25.1. The van der Waals surface area contributed by atoms with E-state index in [-0.39, 0.29) is 12.4 Å². The third-order valence-corrected chi connectivity index (χ3v) is 5.71. The topological polar surface area (TPSA) is 95.2 Å². The second kappa shape index (κ2) is 19.5. The van der Waals surface area contributed by atoms with Crippen molar-refractivity contribution in [3.05, 3.63) is 59.7 Å². The van der Waals surface area contributed by atoms with Crippen LogP contribution in [0.5, 0.6) is 11.5 Å². The first-order valence-corrected chi connectivity index (χ1v) is 13.2. The van der Waals surface area contributed by atoms with E-state index >= 15 is 0 Å². The van der Waals surface area contributed by atoms with Crippen LogP contribution in [0.3, 0.4) is 0 Å². The average molecular weight is 517 g/mol. The number of ether oxygens (including phenoxy) is 2. The van der Waals surface area contributed by atoms with Crippen LogP contribution < -0.4 is 20.9 Å². The van der Waals surface area contributed by atoms with Crippen molar-refractivity contribution in [3.8, 4) is 11.5 Å². The zero-order valence-corrected chi connectivity index (χ0v) is 22.9. The lowest BCUT2D eigenvalue weighted by molar-refractivity contribution is 0.279. The lowest BCUT2D eigenvalue weighted by atomic mass is 10.2. The van der Waals surface area contributed by atoms with Crippen molar-refractivity contribution in [1.29, 1.82) is 0 Å². The molecule has 0 bridgehead atoms. The average Bonchev–Trinajstić information content (AvgIpc) is 2.89. The fourth-order valence-corrected chi connectivity index (χ4v) is 3.51. The van der Waals surface area contributed by atoms with Gasteiger partial charge in [0.25, 0.3) is 0 Å². The van der Waals surface area contributed by atoms with E-state index in [1.807, 2.05) is 48.5 Å². The Labute approximate surface area is 224 Å². The highest BCUT2D eigenvalue weighted by molar-refractivity contribution is 5.98. The predicted molar refractivity (Wildman–Crippen MR) is 155 cm³/mol. The van der Waals surface area contributed by atoms with E-state index in [1.165, 1.54) is 25.7 Å². The van der Waals surface area contributed by atoms with Gasteiger partial charge in [-0.25, -0.2) is 0 Å². The molecule has 0 saturated heterocycles. The molecule has 6 nitrogen and oxygen atoms in total. The normalized spacial score (nSPS) is 11.7. The van der Waals surface area contributed by atoms with Crippen LogP contribution in [0, 0.1) is 0 Å². The molecule has 0 radical (unpaired) electrons. The number of hydrogen-bond donors (Lipinski definition) is 2. The molecule has 0 amide bonds. The van der Waals surface area contributed by atoms with Crippen molar-refractivity contribution < 1.29 is 9.47 Å². The highest BCUT2D eigenvalue weighted by Gasteiger charge is 2.02. The van der Waals surface area contributed by atoms with Crippen molar-refractivity contribution in [1.82, 2.24) is 0 Å². The fourth-order valence-electron chi connectivity index (χ4n) is 3.51. The number of unbranched alkanes of at least 4 members (excludes halogenated alkanes) is 6. The van der Waals surface area contributed by atoms with Crippen molar-refractivity contribution in [2.75, 3.05) is 26.3 Å². The summed E-state index contributed by atoms with van der Waals surface area (Å²) in [7, 11) is 0. The van der Waals surface area contributed by atoms with Crippen molar-refractivity contribution >= 4 is 24.1 Å². The van der Waals surface area contributed by atoms with E-state index in [0.717, 1.165) is 67.8 Å². The van der Waals surface area contributed by atoms with E-state index < -0.39 is 0 Å². The number of rotatable bonds is 18. The molecule has 0 aliphatic rings. The van der Waals surface area contributed by atoms with Gasteiger partial charge in [0.15, 0.2) is 0 Å². The van der Waals surface area contributed by atoms with Gasteiger partial charge in [0.05, 0.1) is 13.2 Å². The van der Waals surface area contributed by atoms with Crippen LogP contribution in [-0.2, 0) is 0 Å².